The van der Waals surface area contributed by atoms with E-state index >= 15 is 0 Å². The molecule has 0 saturated carbocycles. The highest BCUT2D eigenvalue weighted by Crippen LogP contribution is 1.70. The van der Waals surface area contributed by atoms with E-state index in [0.717, 1.165) is 0 Å². The number of hydrogen-bond donors (Lipinski definition) is 1. The molecule has 1 unspecified atom stereocenters. The Morgan fingerprint density at radius 3 is 2.80 bits per heavy atom. The van der Waals surface area contributed by atoms with E-state index in [9.17, 15) is 8.76 Å². The molecule has 0 aromatic carbocycles. The Hall–Kier alpha value is 0.0300. The number of rotatable bonds is 6. The lowest BCUT2D eigenvalue weighted by atomic mass is 10.6. The lowest BCUT2D eigenvalue weighted by molar-refractivity contribution is 0.200. The lowest BCUT2D eigenvalue weighted by Gasteiger charge is -2.05. The van der Waals surface area contributed by atoms with Gasteiger partial charge in [0.05, 0.1) is 6.61 Å². The number of nitrogens with one attached hydrogen (secondary N) is 1. The maximum absolute atomic E-state index is 9.96. The average Bonchev–Trinajstić information content (AvgIpc) is 1.87. The van der Waals surface area contributed by atoms with Crippen molar-refractivity contribution in [1.82, 2.24) is 5.32 Å². The lowest BCUT2D eigenvalue weighted by Crippen LogP contribution is -2.23. The molecule has 0 fully saturated rings. The summed E-state index contributed by atoms with van der Waals surface area (Å²) in [5.41, 5.74) is 0. The van der Waals surface area contributed by atoms with Crippen molar-refractivity contribution in [2.75, 3.05) is 32.6 Å². The molecular formula is C5H12NO3S-. The van der Waals surface area contributed by atoms with Crippen molar-refractivity contribution in [3.05, 3.63) is 0 Å². The van der Waals surface area contributed by atoms with E-state index in [-0.39, 0.29) is 5.75 Å². The van der Waals surface area contributed by atoms with Gasteiger partial charge in [0.15, 0.2) is 0 Å². The highest BCUT2D eigenvalue weighted by atomic mass is 32.2. The molecule has 0 rings (SSSR count). The van der Waals surface area contributed by atoms with Crippen molar-refractivity contribution in [3.63, 3.8) is 0 Å². The maximum Gasteiger partial charge on any atom is 0.0587 e. The van der Waals surface area contributed by atoms with Gasteiger partial charge in [0.1, 0.15) is 0 Å². The Morgan fingerprint density at radius 1 is 1.60 bits per heavy atom. The molecule has 4 nitrogen and oxygen atoms in total. The smallest absolute Gasteiger partial charge is 0.0587 e. The summed E-state index contributed by atoms with van der Waals surface area (Å²) in [7, 11) is 1.60. The molecule has 0 radical (unpaired) electrons. The normalized spacial score (nSPS) is 13.4. The molecule has 0 aliphatic heterocycles. The first-order chi connectivity index (χ1) is 4.77. The molecule has 0 bridgehead atoms. The highest BCUT2D eigenvalue weighted by molar-refractivity contribution is 7.79. The zero-order valence-electron chi connectivity index (χ0n) is 5.96. The minimum absolute atomic E-state index is 0.170. The molecule has 1 atom stereocenters. The van der Waals surface area contributed by atoms with Crippen LogP contribution in [-0.2, 0) is 15.8 Å². The molecular weight excluding hydrogens is 154 g/mol. The summed E-state index contributed by atoms with van der Waals surface area (Å²) in [6, 6.07) is 0. The molecule has 0 amide bonds. The summed E-state index contributed by atoms with van der Waals surface area (Å²) in [5.74, 6) is 0.170. The van der Waals surface area contributed by atoms with Crippen LogP contribution in [0.2, 0.25) is 0 Å². The van der Waals surface area contributed by atoms with E-state index in [2.05, 4.69) is 5.32 Å². The summed E-state index contributed by atoms with van der Waals surface area (Å²) in [4.78, 5) is 0. The van der Waals surface area contributed by atoms with Crippen molar-refractivity contribution in [2.24, 2.45) is 0 Å². The van der Waals surface area contributed by atoms with Crippen LogP contribution in [-0.4, -0.2) is 41.3 Å². The van der Waals surface area contributed by atoms with Crippen LogP contribution in [0.5, 0.6) is 0 Å². The van der Waals surface area contributed by atoms with Crippen LogP contribution in [0.15, 0.2) is 0 Å². The first-order valence-electron chi connectivity index (χ1n) is 3.03. The van der Waals surface area contributed by atoms with E-state index in [1.807, 2.05) is 0 Å². The van der Waals surface area contributed by atoms with Crippen molar-refractivity contribution in [3.8, 4) is 0 Å². The summed E-state index contributed by atoms with van der Waals surface area (Å²) >= 11 is -1.92. The van der Waals surface area contributed by atoms with Gasteiger partial charge in [0.25, 0.3) is 0 Å². The van der Waals surface area contributed by atoms with Gasteiger partial charge < -0.3 is 14.6 Å². The molecule has 0 spiro atoms. The van der Waals surface area contributed by atoms with E-state index in [1.54, 1.807) is 7.11 Å². The minimum Gasteiger partial charge on any atom is -0.772 e. The molecule has 0 aliphatic carbocycles. The molecule has 0 aromatic heterocycles. The van der Waals surface area contributed by atoms with Crippen LogP contribution in [0.3, 0.4) is 0 Å². The van der Waals surface area contributed by atoms with E-state index in [0.29, 0.717) is 19.7 Å². The van der Waals surface area contributed by atoms with Crippen LogP contribution in [0, 0.1) is 0 Å². The van der Waals surface area contributed by atoms with Crippen molar-refractivity contribution >= 4 is 11.1 Å². The van der Waals surface area contributed by atoms with Gasteiger partial charge in [0, 0.05) is 26.0 Å². The van der Waals surface area contributed by atoms with Gasteiger partial charge in [0.2, 0.25) is 0 Å². The van der Waals surface area contributed by atoms with Gasteiger partial charge in [-0.05, 0) is 0 Å². The standard InChI is InChI=1S/C5H13NO3S/c1-9-4-2-6-3-5-10(7)8/h6H,2-5H2,1H3,(H,7,8)/p-1. The van der Waals surface area contributed by atoms with Gasteiger partial charge in [-0.3, -0.25) is 4.21 Å². The van der Waals surface area contributed by atoms with E-state index in [4.69, 9.17) is 4.74 Å². The monoisotopic (exact) mass is 166 g/mol. The highest BCUT2D eigenvalue weighted by Gasteiger charge is 1.85. The zero-order chi connectivity index (χ0) is 7.82. The Bertz CT molecular complexity index is 98.9. The molecule has 0 aliphatic rings. The minimum atomic E-state index is -1.92. The molecule has 10 heavy (non-hydrogen) atoms. The van der Waals surface area contributed by atoms with E-state index in [1.165, 1.54) is 0 Å². The predicted molar refractivity (Wildman–Crippen MR) is 38.5 cm³/mol. The second-order valence-corrected chi connectivity index (χ2v) is 2.77. The van der Waals surface area contributed by atoms with Gasteiger partial charge in [-0.2, -0.15) is 0 Å². The average molecular weight is 166 g/mol. The third-order valence-electron chi connectivity index (χ3n) is 0.928. The van der Waals surface area contributed by atoms with Gasteiger partial charge in [-0.25, -0.2) is 0 Å². The van der Waals surface area contributed by atoms with Crippen molar-refractivity contribution in [1.29, 1.82) is 0 Å². The fraction of sp³-hybridized carbons (Fsp3) is 1.00. The quantitative estimate of drug-likeness (QED) is 0.410. The van der Waals surface area contributed by atoms with Crippen LogP contribution in [0.25, 0.3) is 0 Å². The Balaban J connectivity index is 2.84. The van der Waals surface area contributed by atoms with Crippen LogP contribution < -0.4 is 5.32 Å². The predicted octanol–water partition coefficient (Wildman–Crippen LogP) is -0.898. The van der Waals surface area contributed by atoms with E-state index < -0.39 is 11.1 Å². The second-order valence-electron chi connectivity index (χ2n) is 1.75. The fourth-order valence-corrected chi connectivity index (χ4v) is 0.766. The Labute approximate surface area is 63.2 Å². The molecule has 0 aromatic rings. The summed E-state index contributed by atoms with van der Waals surface area (Å²) < 4.78 is 24.7. The van der Waals surface area contributed by atoms with Crippen molar-refractivity contribution < 1.29 is 13.5 Å². The molecule has 1 N–H and O–H groups in total. The van der Waals surface area contributed by atoms with Crippen molar-refractivity contribution in [2.45, 2.75) is 0 Å². The third kappa shape index (κ3) is 8.03. The summed E-state index contributed by atoms with van der Waals surface area (Å²) in [6.07, 6.45) is 0. The third-order valence-corrected chi connectivity index (χ3v) is 1.47. The second kappa shape index (κ2) is 7.14. The molecule has 0 heterocycles. The van der Waals surface area contributed by atoms with Crippen LogP contribution in [0.4, 0.5) is 0 Å². The Morgan fingerprint density at radius 2 is 2.30 bits per heavy atom. The number of methoxy groups -OCH3 is 1. The molecule has 5 heteroatoms. The first kappa shape index (κ1) is 10.0. The topological polar surface area (TPSA) is 61.4 Å². The summed E-state index contributed by atoms with van der Waals surface area (Å²) in [5, 5.41) is 2.90. The molecule has 0 saturated heterocycles. The van der Waals surface area contributed by atoms with Gasteiger partial charge >= 0.3 is 0 Å². The Kier molecular flexibility index (Phi) is 7.16. The zero-order valence-corrected chi connectivity index (χ0v) is 6.78. The SMILES string of the molecule is COCCNCCS(=O)[O-]. The first-order valence-corrected chi connectivity index (χ1v) is 4.27. The number of hydrogen-bond acceptors (Lipinski definition) is 4. The number of ether oxygens (including phenoxy) is 1. The fourth-order valence-electron chi connectivity index (χ4n) is 0.455. The van der Waals surface area contributed by atoms with Crippen LogP contribution in [0.1, 0.15) is 0 Å². The largest absolute Gasteiger partial charge is 0.772 e. The van der Waals surface area contributed by atoms with Gasteiger partial charge in [-0.15, -0.1) is 0 Å². The van der Waals surface area contributed by atoms with Gasteiger partial charge in [-0.1, -0.05) is 11.1 Å². The molecule has 62 valence electrons. The summed E-state index contributed by atoms with van der Waals surface area (Å²) in [6.45, 7) is 1.82. The maximum atomic E-state index is 9.96. The van der Waals surface area contributed by atoms with Crippen LogP contribution >= 0.6 is 0 Å².